The minimum Gasteiger partial charge on any atom is -0.348 e. The van der Waals surface area contributed by atoms with Gasteiger partial charge in [-0.3, -0.25) is 24.3 Å². The Bertz CT molecular complexity index is 1350. The van der Waals surface area contributed by atoms with Crippen molar-refractivity contribution in [2.24, 2.45) is 0 Å². The second kappa shape index (κ2) is 7.75. The zero-order valence-corrected chi connectivity index (χ0v) is 16.1. The van der Waals surface area contributed by atoms with Crippen molar-refractivity contribution in [1.29, 1.82) is 0 Å². The van der Waals surface area contributed by atoms with Crippen LogP contribution < -0.4 is 10.9 Å². The number of benzene rings is 3. The molecule has 1 heterocycles. The van der Waals surface area contributed by atoms with E-state index in [4.69, 9.17) is 0 Å². The van der Waals surface area contributed by atoms with Gasteiger partial charge in [-0.2, -0.15) is 0 Å². The number of amides is 1. The maximum absolute atomic E-state index is 12.7. The van der Waals surface area contributed by atoms with Crippen molar-refractivity contribution in [3.63, 3.8) is 0 Å². The van der Waals surface area contributed by atoms with Crippen molar-refractivity contribution >= 4 is 33.3 Å². The fourth-order valence-electron chi connectivity index (χ4n) is 3.38. The molecule has 0 fully saturated rings. The first kappa shape index (κ1) is 19.3. The summed E-state index contributed by atoms with van der Waals surface area (Å²) in [4.78, 5) is 39.7. The summed E-state index contributed by atoms with van der Waals surface area (Å²) in [6.45, 7) is 1.63. The predicted molar refractivity (Wildman–Crippen MR) is 113 cm³/mol. The summed E-state index contributed by atoms with van der Waals surface area (Å²) in [5.41, 5.74) is 0.583. The van der Waals surface area contributed by atoms with Crippen molar-refractivity contribution in [3.05, 3.63) is 93.0 Å². The molecule has 1 amide bonds. The van der Waals surface area contributed by atoms with E-state index in [1.807, 2.05) is 49.4 Å². The number of carbonyl (C=O) groups excluding carboxylic acids is 1. The van der Waals surface area contributed by atoms with Crippen LogP contribution in [0.5, 0.6) is 0 Å². The zero-order valence-electron chi connectivity index (χ0n) is 16.1. The highest BCUT2D eigenvalue weighted by atomic mass is 16.6. The topological polar surface area (TPSA) is 107 Å². The molecule has 0 spiro atoms. The fourth-order valence-corrected chi connectivity index (χ4v) is 3.38. The molecule has 8 heteroatoms. The molecule has 0 aliphatic rings. The van der Waals surface area contributed by atoms with Crippen molar-refractivity contribution in [1.82, 2.24) is 14.9 Å². The van der Waals surface area contributed by atoms with Gasteiger partial charge in [0.2, 0.25) is 5.91 Å². The molecule has 0 aliphatic heterocycles. The molecule has 4 aromatic rings. The highest BCUT2D eigenvalue weighted by Gasteiger charge is 2.14. The van der Waals surface area contributed by atoms with Gasteiger partial charge >= 0.3 is 0 Å². The van der Waals surface area contributed by atoms with Crippen molar-refractivity contribution in [2.45, 2.75) is 19.5 Å². The lowest BCUT2D eigenvalue weighted by Crippen LogP contribution is -2.34. The van der Waals surface area contributed by atoms with Crippen LogP contribution in [-0.2, 0) is 11.3 Å². The van der Waals surface area contributed by atoms with Crippen LogP contribution >= 0.6 is 0 Å². The lowest BCUT2D eigenvalue weighted by molar-refractivity contribution is -0.384. The van der Waals surface area contributed by atoms with Crippen LogP contribution in [0.25, 0.3) is 21.7 Å². The summed E-state index contributed by atoms with van der Waals surface area (Å²) in [6, 6.07) is 17.5. The number of nitrogens with one attached hydrogen (secondary N) is 1. The number of carbonyl (C=O) groups is 1. The Kier molecular flexibility index (Phi) is 4.97. The summed E-state index contributed by atoms with van der Waals surface area (Å²) in [5.74, 6) is -0.357. The van der Waals surface area contributed by atoms with E-state index >= 15 is 0 Å². The van der Waals surface area contributed by atoms with Crippen LogP contribution in [0, 0.1) is 10.1 Å². The average Bonchev–Trinajstić information content (AvgIpc) is 2.75. The Morgan fingerprint density at radius 1 is 1.13 bits per heavy atom. The van der Waals surface area contributed by atoms with Gasteiger partial charge in [-0.25, -0.2) is 4.98 Å². The molecule has 1 aromatic heterocycles. The Morgan fingerprint density at radius 2 is 1.90 bits per heavy atom. The van der Waals surface area contributed by atoms with Gasteiger partial charge in [0.15, 0.2) is 0 Å². The second-order valence-corrected chi connectivity index (χ2v) is 7.03. The van der Waals surface area contributed by atoms with Crippen LogP contribution in [0.2, 0.25) is 0 Å². The SMILES string of the molecule is CC(NC(=O)Cn1cnc2ccc([N+](=O)[O-])cc2c1=O)c1ccc2ccccc2c1. The maximum atomic E-state index is 12.7. The van der Waals surface area contributed by atoms with Crippen LogP contribution in [0.3, 0.4) is 0 Å². The number of aromatic nitrogens is 2. The highest BCUT2D eigenvalue weighted by Crippen LogP contribution is 2.20. The molecule has 0 radical (unpaired) electrons. The molecule has 4 rings (SSSR count). The molecule has 1 unspecified atom stereocenters. The molecule has 1 N–H and O–H groups in total. The Balaban J connectivity index is 1.54. The van der Waals surface area contributed by atoms with Gasteiger partial charge < -0.3 is 5.32 Å². The monoisotopic (exact) mass is 402 g/mol. The molecule has 0 saturated carbocycles. The predicted octanol–water partition coefficient (Wildman–Crippen LogP) is 3.34. The van der Waals surface area contributed by atoms with Gasteiger partial charge in [0, 0.05) is 12.1 Å². The highest BCUT2D eigenvalue weighted by molar-refractivity contribution is 5.84. The van der Waals surface area contributed by atoms with Gasteiger partial charge in [0.1, 0.15) is 6.54 Å². The summed E-state index contributed by atoms with van der Waals surface area (Å²) < 4.78 is 1.15. The third-order valence-electron chi connectivity index (χ3n) is 4.98. The van der Waals surface area contributed by atoms with Crippen LogP contribution in [-0.4, -0.2) is 20.4 Å². The quantitative estimate of drug-likeness (QED) is 0.407. The second-order valence-electron chi connectivity index (χ2n) is 7.03. The Hall–Kier alpha value is -4.07. The molecule has 0 saturated heterocycles. The van der Waals surface area contributed by atoms with Crippen LogP contribution in [0.4, 0.5) is 5.69 Å². The van der Waals surface area contributed by atoms with E-state index < -0.39 is 10.5 Å². The number of nitro benzene ring substituents is 1. The van der Waals surface area contributed by atoms with Crippen molar-refractivity contribution in [2.75, 3.05) is 0 Å². The molecule has 0 aliphatic carbocycles. The number of hydrogen-bond acceptors (Lipinski definition) is 5. The molecule has 3 aromatic carbocycles. The first-order chi connectivity index (χ1) is 14.4. The largest absolute Gasteiger partial charge is 0.348 e. The minimum atomic E-state index is -0.575. The van der Waals surface area contributed by atoms with E-state index in [1.54, 1.807) is 0 Å². The lowest BCUT2D eigenvalue weighted by Gasteiger charge is -2.16. The summed E-state index contributed by atoms with van der Waals surface area (Å²) in [6.07, 6.45) is 1.27. The number of nitro groups is 1. The van der Waals surface area contributed by atoms with Gasteiger partial charge in [-0.15, -0.1) is 0 Å². The molecule has 8 nitrogen and oxygen atoms in total. The molecule has 1 atom stereocenters. The molecule has 30 heavy (non-hydrogen) atoms. The van der Waals surface area contributed by atoms with Gasteiger partial charge in [0.25, 0.3) is 11.2 Å². The summed E-state index contributed by atoms with van der Waals surface area (Å²) in [7, 11) is 0. The number of rotatable bonds is 5. The van der Waals surface area contributed by atoms with E-state index in [0.717, 1.165) is 20.9 Å². The van der Waals surface area contributed by atoms with E-state index in [-0.39, 0.29) is 29.6 Å². The standard InChI is InChI=1S/C22H18N4O4/c1-14(16-7-6-15-4-2-3-5-17(15)10-16)24-21(27)12-25-13-23-20-9-8-18(26(29)30)11-19(20)22(25)28/h2-11,13-14H,12H2,1H3,(H,24,27). The van der Waals surface area contributed by atoms with E-state index in [9.17, 15) is 19.7 Å². The molecule has 0 bridgehead atoms. The van der Waals surface area contributed by atoms with Crippen molar-refractivity contribution in [3.8, 4) is 0 Å². The van der Waals surface area contributed by atoms with E-state index in [2.05, 4.69) is 10.3 Å². The van der Waals surface area contributed by atoms with Crippen LogP contribution in [0.15, 0.2) is 71.8 Å². The first-order valence-electron chi connectivity index (χ1n) is 9.34. The first-order valence-corrected chi connectivity index (χ1v) is 9.34. The fraction of sp³-hybridized carbons (Fsp3) is 0.136. The average molecular weight is 402 g/mol. The van der Waals surface area contributed by atoms with Gasteiger partial charge in [-0.1, -0.05) is 36.4 Å². The van der Waals surface area contributed by atoms with Crippen LogP contribution in [0.1, 0.15) is 18.5 Å². The Morgan fingerprint density at radius 3 is 2.67 bits per heavy atom. The molecule has 150 valence electrons. The normalized spacial score (nSPS) is 12.0. The third-order valence-corrected chi connectivity index (χ3v) is 4.98. The molecular weight excluding hydrogens is 384 g/mol. The summed E-state index contributed by atoms with van der Waals surface area (Å²) >= 11 is 0. The number of non-ortho nitro benzene ring substituents is 1. The summed E-state index contributed by atoms with van der Waals surface area (Å²) in [5, 5.41) is 16.1. The smallest absolute Gasteiger partial charge is 0.270 e. The number of hydrogen-bond donors (Lipinski definition) is 1. The Labute approximate surface area is 170 Å². The van der Waals surface area contributed by atoms with E-state index in [1.165, 1.54) is 24.5 Å². The number of nitrogens with zero attached hydrogens (tertiary/aromatic N) is 3. The maximum Gasteiger partial charge on any atom is 0.270 e. The zero-order chi connectivity index (χ0) is 21.3. The van der Waals surface area contributed by atoms with Gasteiger partial charge in [-0.05, 0) is 35.4 Å². The number of fused-ring (bicyclic) bond motifs is 2. The van der Waals surface area contributed by atoms with E-state index in [0.29, 0.717) is 5.52 Å². The lowest BCUT2D eigenvalue weighted by atomic mass is 10.0. The van der Waals surface area contributed by atoms with Crippen molar-refractivity contribution < 1.29 is 9.72 Å². The minimum absolute atomic E-state index is 0.0991. The molecular formula is C22H18N4O4. The third kappa shape index (κ3) is 3.75. The van der Waals surface area contributed by atoms with Gasteiger partial charge in [0.05, 0.1) is 28.2 Å².